The van der Waals surface area contributed by atoms with Crippen molar-refractivity contribution in [3.8, 4) is 17.2 Å². The number of nitrogens with zero attached hydrogens (tertiary/aromatic N) is 1. The predicted octanol–water partition coefficient (Wildman–Crippen LogP) is 1.99. The van der Waals surface area contributed by atoms with Crippen LogP contribution >= 0.6 is 0 Å². The van der Waals surface area contributed by atoms with Gasteiger partial charge in [0.2, 0.25) is 16.8 Å². The summed E-state index contributed by atoms with van der Waals surface area (Å²) in [5.41, 5.74) is 0.983. The number of carbonyl (C=O) groups excluding carboxylic acids is 1. The Morgan fingerprint density at radius 1 is 1.18 bits per heavy atom. The highest BCUT2D eigenvalue weighted by Gasteiger charge is 2.27. The highest BCUT2D eigenvalue weighted by Crippen LogP contribution is 2.34. The molecule has 0 aliphatic carbocycles. The Bertz CT molecular complexity index is 990. The summed E-state index contributed by atoms with van der Waals surface area (Å²) in [6.45, 7) is 2.33. The molecule has 2 aromatic rings. The highest BCUT2D eigenvalue weighted by atomic mass is 32.2. The lowest BCUT2D eigenvalue weighted by molar-refractivity contribution is 0.0963. The first-order chi connectivity index (χ1) is 13.4. The van der Waals surface area contributed by atoms with Crippen molar-refractivity contribution in [1.82, 2.24) is 9.62 Å². The Hall–Kier alpha value is -2.78. The molecule has 0 bridgehead atoms. The maximum Gasteiger partial charge on any atom is 0.251 e. The van der Waals surface area contributed by atoms with Gasteiger partial charge in [-0.1, -0.05) is 6.07 Å². The molecule has 8 nitrogen and oxygen atoms in total. The molecule has 0 saturated heterocycles. The number of fused-ring (bicyclic) bond motifs is 1. The van der Waals surface area contributed by atoms with E-state index in [9.17, 15) is 13.2 Å². The molecular formula is C19H22N2O6S. The van der Waals surface area contributed by atoms with E-state index in [4.69, 9.17) is 14.2 Å². The van der Waals surface area contributed by atoms with Crippen LogP contribution in [-0.4, -0.2) is 46.1 Å². The van der Waals surface area contributed by atoms with Gasteiger partial charge in [-0.3, -0.25) is 4.79 Å². The molecule has 1 aliphatic rings. The van der Waals surface area contributed by atoms with Gasteiger partial charge in [-0.05, 0) is 42.8 Å². The Labute approximate surface area is 164 Å². The van der Waals surface area contributed by atoms with E-state index in [0.29, 0.717) is 18.1 Å². The van der Waals surface area contributed by atoms with Gasteiger partial charge in [0.1, 0.15) is 10.6 Å². The van der Waals surface area contributed by atoms with Crippen LogP contribution in [0, 0.1) is 0 Å². The van der Waals surface area contributed by atoms with Gasteiger partial charge in [0.15, 0.2) is 11.5 Å². The Morgan fingerprint density at radius 3 is 2.64 bits per heavy atom. The fourth-order valence-electron chi connectivity index (χ4n) is 2.82. The van der Waals surface area contributed by atoms with Crippen molar-refractivity contribution < 1.29 is 27.4 Å². The normalized spacial score (nSPS) is 12.9. The monoisotopic (exact) mass is 406 g/mol. The number of sulfonamides is 1. The number of amides is 1. The molecule has 0 fully saturated rings. The first-order valence-electron chi connectivity index (χ1n) is 8.70. The van der Waals surface area contributed by atoms with Crippen LogP contribution in [0.1, 0.15) is 22.8 Å². The third kappa shape index (κ3) is 3.90. The number of nitrogens with one attached hydrogen (secondary N) is 1. The number of carbonyl (C=O) groups is 1. The van der Waals surface area contributed by atoms with Gasteiger partial charge in [0.25, 0.3) is 5.91 Å². The van der Waals surface area contributed by atoms with Crippen molar-refractivity contribution >= 4 is 15.9 Å². The Morgan fingerprint density at radius 2 is 1.93 bits per heavy atom. The Kier molecular flexibility index (Phi) is 5.76. The topological polar surface area (TPSA) is 94.2 Å². The maximum absolute atomic E-state index is 13.2. The average molecular weight is 406 g/mol. The summed E-state index contributed by atoms with van der Waals surface area (Å²) in [6, 6.07) is 9.63. The molecule has 0 spiro atoms. The first kappa shape index (κ1) is 20.0. The minimum absolute atomic E-state index is 0.0568. The second-order valence-corrected chi connectivity index (χ2v) is 8.14. The number of hydrogen-bond donors (Lipinski definition) is 1. The quantitative estimate of drug-likeness (QED) is 0.756. The lowest BCUT2D eigenvalue weighted by Gasteiger charge is -2.20. The molecule has 0 radical (unpaired) electrons. The molecule has 28 heavy (non-hydrogen) atoms. The summed E-state index contributed by atoms with van der Waals surface area (Å²) in [5, 5.41) is 2.49. The number of benzene rings is 2. The standard InChI is InChI=1S/C19H22N2O6S/c1-4-25-16-8-6-14(19(22)20-2)10-18(16)28(23,24)21(3)11-13-5-7-15-17(9-13)27-12-26-15/h5-10H,4,11-12H2,1-3H3,(H,20,22). The maximum atomic E-state index is 13.2. The molecule has 150 valence electrons. The molecule has 1 amide bonds. The van der Waals surface area contributed by atoms with Crippen LogP contribution < -0.4 is 19.5 Å². The first-order valence-corrected chi connectivity index (χ1v) is 10.1. The molecular weight excluding hydrogens is 384 g/mol. The smallest absolute Gasteiger partial charge is 0.251 e. The molecule has 0 aromatic heterocycles. The Balaban J connectivity index is 1.92. The van der Waals surface area contributed by atoms with E-state index in [1.54, 1.807) is 25.1 Å². The van der Waals surface area contributed by atoms with Gasteiger partial charge < -0.3 is 19.5 Å². The van der Waals surface area contributed by atoms with E-state index in [0.717, 1.165) is 5.56 Å². The van der Waals surface area contributed by atoms with Gasteiger partial charge in [-0.2, -0.15) is 4.31 Å². The summed E-state index contributed by atoms with van der Waals surface area (Å²) in [5.74, 6) is 1.04. The van der Waals surface area contributed by atoms with Crippen molar-refractivity contribution in [1.29, 1.82) is 0 Å². The lowest BCUT2D eigenvalue weighted by atomic mass is 10.2. The van der Waals surface area contributed by atoms with E-state index in [2.05, 4.69) is 5.32 Å². The molecule has 1 N–H and O–H groups in total. The van der Waals surface area contributed by atoms with Crippen LogP contribution in [0.2, 0.25) is 0 Å². The van der Waals surface area contributed by atoms with Crippen LogP contribution in [-0.2, 0) is 16.6 Å². The zero-order valence-electron chi connectivity index (χ0n) is 15.9. The van der Waals surface area contributed by atoms with E-state index in [-0.39, 0.29) is 35.5 Å². The SMILES string of the molecule is CCOc1ccc(C(=O)NC)cc1S(=O)(=O)N(C)Cc1ccc2c(c1)OCO2. The minimum atomic E-state index is -3.91. The van der Waals surface area contributed by atoms with Crippen molar-refractivity contribution in [3.63, 3.8) is 0 Å². The molecule has 3 rings (SSSR count). The molecule has 0 unspecified atom stereocenters. The molecule has 1 aliphatic heterocycles. The van der Waals surface area contributed by atoms with Crippen molar-refractivity contribution in [3.05, 3.63) is 47.5 Å². The van der Waals surface area contributed by atoms with Gasteiger partial charge >= 0.3 is 0 Å². The van der Waals surface area contributed by atoms with Gasteiger partial charge in [-0.15, -0.1) is 0 Å². The summed E-state index contributed by atoms with van der Waals surface area (Å²) in [7, 11) is -0.953. The van der Waals surface area contributed by atoms with Gasteiger partial charge in [0, 0.05) is 26.2 Å². The van der Waals surface area contributed by atoms with Crippen molar-refractivity contribution in [2.45, 2.75) is 18.4 Å². The zero-order valence-corrected chi connectivity index (χ0v) is 16.7. The van der Waals surface area contributed by atoms with E-state index in [1.807, 2.05) is 0 Å². The van der Waals surface area contributed by atoms with Gasteiger partial charge in [0.05, 0.1) is 6.61 Å². The van der Waals surface area contributed by atoms with Crippen molar-refractivity contribution in [2.24, 2.45) is 0 Å². The average Bonchev–Trinajstić information content (AvgIpc) is 3.15. The number of ether oxygens (including phenoxy) is 3. The lowest BCUT2D eigenvalue weighted by Crippen LogP contribution is -2.27. The second kappa shape index (κ2) is 8.07. The zero-order chi connectivity index (χ0) is 20.3. The highest BCUT2D eigenvalue weighted by molar-refractivity contribution is 7.89. The van der Waals surface area contributed by atoms with E-state index < -0.39 is 10.0 Å². The minimum Gasteiger partial charge on any atom is -0.492 e. The van der Waals surface area contributed by atoms with Crippen LogP contribution in [0.25, 0.3) is 0 Å². The number of hydrogen-bond acceptors (Lipinski definition) is 6. The van der Waals surface area contributed by atoms with Crippen LogP contribution in [0.3, 0.4) is 0 Å². The van der Waals surface area contributed by atoms with Crippen LogP contribution in [0.4, 0.5) is 0 Å². The molecule has 0 saturated carbocycles. The number of rotatable bonds is 7. The fraction of sp³-hybridized carbons (Fsp3) is 0.316. The third-order valence-electron chi connectivity index (χ3n) is 4.26. The molecule has 1 heterocycles. The molecule has 9 heteroatoms. The predicted molar refractivity (Wildman–Crippen MR) is 102 cm³/mol. The second-order valence-electron chi connectivity index (χ2n) is 6.12. The van der Waals surface area contributed by atoms with E-state index >= 15 is 0 Å². The summed E-state index contributed by atoms with van der Waals surface area (Å²) in [6.07, 6.45) is 0. The summed E-state index contributed by atoms with van der Waals surface area (Å²) in [4.78, 5) is 11.9. The van der Waals surface area contributed by atoms with Crippen molar-refractivity contribution in [2.75, 3.05) is 27.5 Å². The fourth-order valence-corrected chi connectivity index (χ4v) is 4.13. The third-order valence-corrected chi connectivity index (χ3v) is 6.09. The van der Waals surface area contributed by atoms with Crippen LogP contribution in [0.15, 0.2) is 41.3 Å². The van der Waals surface area contributed by atoms with Gasteiger partial charge in [-0.25, -0.2) is 8.42 Å². The van der Waals surface area contributed by atoms with Crippen LogP contribution in [0.5, 0.6) is 17.2 Å². The summed E-state index contributed by atoms with van der Waals surface area (Å²) < 4.78 is 43.7. The largest absolute Gasteiger partial charge is 0.492 e. The summed E-state index contributed by atoms with van der Waals surface area (Å²) >= 11 is 0. The molecule has 2 aromatic carbocycles. The van der Waals surface area contributed by atoms with E-state index in [1.165, 1.54) is 36.6 Å². The molecule has 0 atom stereocenters.